The van der Waals surface area contributed by atoms with Gasteiger partial charge in [-0.05, 0) is 37.8 Å². The number of amides is 1. The number of carbonyl (C=O) groups is 1. The standard InChI is InChI=1S/C15H19Cl2NO3/c1-21-14-12(16)8-10(9-13(14)17)15(20)18(6-3-7-19)11-4-2-5-11/h8-9,11,19H,2-7H2,1H3. The maximum Gasteiger partial charge on any atom is 0.254 e. The van der Waals surface area contributed by atoms with Crippen LogP contribution in [0.25, 0.3) is 0 Å². The Balaban J connectivity index is 2.23. The molecule has 0 bridgehead atoms. The van der Waals surface area contributed by atoms with Crippen LogP contribution in [0.2, 0.25) is 10.0 Å². The van der Waals surface area contributed by atoms with Crippen molar-refractivity contribution < 1.29 is 14.6 Å². The molecule has 116 valence electrons. The lowest BCUT2D eigenvalue weighted by Crippen LogP contribution is -2.45. The van der Waals surface area contributed by atoms with Crippen molar-refractivity contribution in [1.82, 2.24) is 4.90 Å². The van der Waals surface area contributed by atoms with E-state index in [0.717, 1.165) is 19.3 Å². The number of aliphatic hydroxyl groups excluding tert-OH is 1. The Morgan fingerprint density at radius 3 is 2.43 bits per heavy atom. The SMILES string of the molecule is COc1c(Cl)cc(C(=O)N(CCCO)C2CCC2)cc1Cl. The van der Waals surface area contributed by atoms with Crippen LogP contribution in [0.1, 0.15) is 36.0 Å². The topological polar surface area (TPSA) is 49.8 Å². The number of nitrogens with zero attached hydrogens (tertiary/aromatic N) is 1. The number of ether oxygens (including phenoxy) is 1. The van der Waals surface area contributed by atoms with E-state index in [2.05, 4.69) is 0 Å². The molecule has 4 nitrogen and oxygen atoms in total. The summed E-state index contributed by atoms with van der Waals surface area (Å²) in [6, 6.07) is 3.42. The van der Waals surface area contributed by atoms with E-state index < -0.39 is 0 Å². The zero-order chi connectivity index (χ0) is 15.4. The van der Waals surface area contributed by atoms with Gasteiger partial charge in [0.15, 0.2) is 5.75 Å². The summed E-state index contributed by atoms with van der Waals surface area (Å²) in [6.07, 6.45) is 3.72. The van der Waals surface area contributed by atoms with E-state index >= 15 is 0 Å². The molecule has 0 heterocycles. The highest BCUT2D eigenvalue weighted by molar-refractivity contribution is 6.37. The molecule has 1 amide bonds. The number of benzene rings is 1. The minimum absolute atomic E-state index is 0.0701. The number of methoxy groups -OCH3 is 1. The molecule has 0 atom stereocenters. The summed E-state index contributed by atoms with van der Waals surface area (Å²) < 4.78 is 5.09. The van der Waals surface area contributed by atoms with Gasteiger partial charge in [0.2, 0.25) is 0 Å². The summed E-state index contributed by atoms with van der Waals surface area (Å²) in [5.41, 5.74) is 0.454. The molecule has 1 aromatic carbocycles. The predicted octanol–water partition coefficient (Wildman–Crippen LogP) is 3.38. The third kappa shape index (κ3) is 3.62. The van der Waals surface area contributed by atoms with E-state index in [1.807, 2.05) is 4.90 Å². The molecule has 0 spiro atoms. The second-order valence-corrected chi connectivity index (χ2v) is 5.95. The Kier molecular flexibility index (Phi) is 5.73. The highest BCUT2D eigenvalue weighted by Crippen LogP contribution is 2.35. The van der Waals surface area contributed by atoms with Gasteiger partial charge in [-0.25, -0.2) is 0 Å². The van der Waals surface area contributed by atoms with Crippen LogP contribution in [0.4, 0.5) is 0 Å². The van der Waals surface area contributed by atoms with E-state index in [1.165, 1.54) is 7.11 Å². The highest BCUT2D eigenvalue weighted by atomic mass is 35.5. The van der Waals surface area contributed by atoms with Crippen molar-refractivity contribution in [2.24, 2.45) is 0 Å². The van der Waals surface area contributed by atoms with Gasteiger partial charge in [-0.1, -0.05) is 23.2 Å². The van der Waals surface area contributed by atoms with Crippen LogP contribution in [0, 0.1) is 0 Å². The van der Waals surface area contributed by atoms with Crippen LogP contribution < -0.4 is 4.74 Å². The molecule has 1 N–H and O–H groups in total. The van der Waals surface area contributed by atoms with E-state index in [1.54, 1.807) is 12.1 Å². The summed E-state index contributed by atoms with van der Waals surface area (Å²) in [4.78, 5) is 14.5. The number of rotatable bonds is 6. The molecule has 0 unspecified atom stereocenters. The average Bonchev–Trinajstić information content (AvgIpc) is 2.40. The van der Waals surface area contributed by atoms with Crippen molar-refractivity contribution in [3.05, 3.63) is 27.7 Å². The van der Waals surface area contributed by atoms with Crippen molar-refractivity contribution in [1.29, 1.82) is 0 Å². The van der Waals surface area contributed by atoms with Crippen molar-refractivity contribution in [2.45, 2.75) is 31.7 Å². The molecule has 1 aliphatic carbocycles. The quantitative estimate of drug-likeness (QED) is 0.869. The first-order valence-corrected chi connectivity index (χ1v) is 7.79. The maximum absolute atomic E-state index is 12.7. The second kappa shape index (κ2) is 7.34. The number of carbonyl (C=O) groups excluding carboxylic acids is 1. The summed E-state index contributed by atoms with van der Waals surface area (Å²) >= 11 is 12.2. The third-order valence-corrected chi connectivity index (χ3v) is 4.34. The summed E-state index contributed by atoms with van der Waals surface area (Å²) in [5.74, 6) is 0.278. The van der Waals surface area contributed by atoms with Gasteiger partial charge in [0.1, 0.15) is 0 Å². The van der Waals surface area contributed by atoms with E-state index in [-0.39, 0.29) is 18.6 Å². The molecular formula is C15H19Cl2NO3. The number of aliphatic hydroxyl groups is 1. The molecule has 1 fully saturated rings. The lowest BCUT2D eigenvalue weighted by atomic mass is 9.90. The molecule has 0 radical (unpaired) electrons. The molecule has 1 saturated carbocycles. The van der Waals surface area contributed by atoms with Crippen LogP contribution in [0.3, 0.4) is 0 Å². The monoisotopic (exact) mass is 331 g/mol. The first kappa shape index (κ1) is 16.4. The molecular weight excluding hydrogens is 313 g/mol. The summed E-state index contributed by atoms with van der Waals surface area (Å²) in [7, 11) is 1.48. The van der Waals surface area contributed by atoms with Gasteiger partial charge < -0.3 is 14.7 Å². The molecule has 0 aromatic heterocycles. The van der Waals surface area contributed by atoms with E-state index in [0.29, 0.717) is 34.3 Å². The van der Waals surface area contributed by atoms with Crippen LogP contribution in [-0.2, 0) is 0 Å². The molecule has 2 rings (SSSR count). The largest absolute Gasteiger partial charge is 0.494 e. The normalized spacial score (nSPS) is 14.7. The third-order valence-electron chi connectivity index (χ3n) is 3.78. The molecule has 0 aliphatic heterocycles. The Morgan fingerprint density at radius 2 is 2.00 bits per heavy atom. The van der Waals surface area contributed by atoms with Gasteiger partial charge in [0.05, 0.1) is 17.2 Å². The highest BCUT2D eigenvalue weighted by Gasteiger charge is 2.29. The van der Waals surface area contributed by atoms with Gasteiger partial charge in [0.25, 0.3) is 5.91 Å². The van der Waals surface area contributed by atoms with E-state index in [9.17, 15) is 4.79 Å². The van der Waals surface area contributed by atoms with Gasteiger partial charge in [-0.3, -0.25) is 4.79 Å². The zero-order valence-corrected chi connectivity index (χ0v) is 13.5. The Bertz CT molecular complexity index is 495. The van der Waals surface area contributed by atoms with Gasteiger partial charge in [0, 0.05) is 24.8 Å². The van der Waals surface area contributed by atoms with Gasteiger partial charge >= 0.3 is 0 Å². The molecule has 1 aliphatic rings. The Labute approximate surface area is 134 Å². The maximum atomic E-state index is 12.7. The first-order chi connectivity index (χ1) is 10.1. The smallest absolute Gasteiger partial charge is 0.254 e. The second-order valence-electron chi connectivity index (χ2n) is 5.13. The van der Waals surface area contributed by atoms with Crippen LogP contribution >= 0.6 is 23.2 Å². The summed E-state index contributed by atoms with van der Waals surface area (Å²) in [6.45, 7) is 0.613. The fourth-order valence-corrected chi connectivity index (χ4v) is 3.07. The van der Waals surface area contributed by atoms with Crippen LogP contribution in [-0.4, -0.2) is 42.2 Å². The fraction of sp³-hybridized carbons (Fsp3) is 0.533. The van der Waals surface area contributed by atoms with Crippen molar-refractivity contribution in [3.8, 4) is 5.75 Å². The minimum atomic E-state index is -0.0976. The minimum Gasteiger partial charge on any atom is -0.494 e. The Morgan fingerprint density at radius 1 is 1.38 bits per heavy atom. The van der Waals surface area contributed by atoms with E-state index in [4.69, 9.17) is 33.0 Å². The predicted molar refractivity (Wildman–Crippen MR) is 83.4 cm³/mol. The zero-order valence-electron chi connectivity index (χ0n) is 11.9. The van der Waals surface area contributed by atoms with Gasteiger partial charge in [-0.2, -0.15) is 0 Å². The first-order valence-electron chi connectivity index (χ1n) is 7.03. The lowest BCUT2D eigenvalue weighted by molar-refractivity contribution is 0.0562. The number of hydrogen-bond acceptors (Lipinski definition) is 3. The van der Waals surface area contributed by atoms with Crippen LogP contribution in [0.15, 0.2) is 12.1 Å². The van der Waals surface area contributed by atoms with Gasteiger partial charge in [-0.15, -0.1) is 0 Å². The molecule has 6 heteroatoms. The van der Waals surface area contributed by atoms with Crippen molar-refractivity contribution >= 4 is 29.1 Å². The average molecular weight is 332 g/mol. The Hall–Kier alpha value is -0.970. The lowest BCUT2D eigenvalue weighted by Gasteiger charge is -2.37. The molecule has 1 aromatic rings. The van der Waals surface area contributed by atoms with Crippen molar-refractivity contribution in [3.63, 3.8) is 0 Å². The fourth-order valence-electron chi connectivity index (χ4n) is 2.43. The molecule has 0 saturated heterocycles. The number of hydrogen-bond donors (Lipinski definition) is 1. The number of halogens is 2. The van der Waals surface area contributed by atoms with Crippen LogP contribution in [0.5, 0.6) is 5.75 Å². The van der Waals surface area contributed by atoms with Crippen molar-refractivity contribution in [2.75, 3.05) is 20.3 Å². The summed E-state index contributed by atoms with van der Waals surface area (Å²) in [5, 5.41) is 9.65. The molecule has 21 heavy (non-hydrogen) atoms.